The summed E-state index contributed by atoms with van der Waals surface area (Å²) in [6.07, 6.45) is 4.56. The van der Waals surface area contributed by atoms with Crippen LogP contribution in [-0.4, -0.2) is 12.5 Å². The van der Waals surface area contributed by atoms with Crippen LogP contribution in [0, 0.1) is 6.92 Å². The van der Waals surface area contributed by atoms with Crippen LogP contribution in [0.4, 0.5) is 5.69 Å². The minimum absolute atomic E-state index is 0.162. The Labute approximate surface area is 152 Å². The lowest BCUT2D eigenvalue weighted by Gasteiger charge is -2.12. The Kier molecular flexibility index (Phi) is 7.32. The highest BCUT2D eigenvalue weighted by Crippen LogP contribution is 2.25. The quantitative estimate of drug-likeness (QED) is 0.564. The first-order valence-corrected chi connectivity index (χ1v) is 9.20. The van der Waals surface area contributed by atoms with Crippen molar-refractivity contribution >= 4 is 27.5 Å². The zero-order valence-corrected chi connectivity index (χ0v) is 15.9. The van der Waals surface area contributed by atoms with Gasteiger partial charge in [0.2, 0.25) is 0 Å². The van der Waals surface area contributed by atoms with Gasteiger partial charge in [-0.3, -0.25) is 4.79 Å². The number of anilines is 1. The van der Waals surface area contributed by atoms with Crippen molar-refractivity contribution in [2.24, 2.45) is 0 Å². The van der Waals surface area contributed by atoms with Crippen molar-refractivity contribution in [1.82, 2.24) is 0 Å². The second kappa shape index (κ2) is 9.48. The standard InChI is InChI=1S/C20H24BrNO2/c1-3-4-5-6-12-24-19-11-10-16(21)14-18(19)20(23)22-17-9-7-8-15(2)13-17/h7-11,13-14H,3-6,12H2,1-2H3,(H,22,23). The molecule has 2 rings (SSSR count). The molecule has 2 aromatic rings. The van der Waals surface area contributed by atoms with Gasteiger partial charge in [-0.15, -0.1) is 0 Å². The number of carbonyl (C=O) groups is 1. The number of halogens is 1. The Morgan fingerprint density at radius 1 is 1.12 bits per heavy atom. The largest absolute Gasteiger partial charge is 0.493 e. The number of aryl methyl sites for hydroxylation is 1. The van der Waals surface area contributed by atoms with E-state index in [4.69, 9.17) is 4.74 Å². The Morgan fingerprint density at radius 3 is 2.71 bits per heavy atom. The molecule has 4 heteroatoms. The van der Waals surface area contributed by atoms with Crippen LogP contribution in [0.3, 0.4) is 0 Å². The third-order valence-corrected chi connectivity index (χ3v) is 4.21. The molecule has 128 valence electrons. The van der Waals surface area contributed by atoms with E-state index in [0.717, 1.165) is 28.6 Å². The van der Waals surface area contributed by atoms with Gasteiger partial charge in [-0.1, -0.05) is 54.2 Å². The summed E-state index contributed by atoms with van der Waals surface area (Å²) in [6.45, 7) is 4.81. The number of ether oxygens (including phenoxy) is 1. The lowest BCUT2D eigenvalue weighted by molar-refractivity contribution is 0.102. The zero-order chi connectivity index (χ0) is 17.4. The maximum atomic E-state index is 12.6. The molecule has 0 radical (unpaired) electrons. The first kappa shape index (κ1) is 18.5. The van der Waals surface area contributed by atoms with Crippen LogP contribution >= 0.6 is 15.9 Å². The molecule has 1 N–H and O–H groups in total. The molecule has 0 aliphatic heterocycles. The van der Waals surface area contributed by atoms with Crippen LogP contribution in [0.25, 0.3) is 0 Å². The third kappa shape index (κ3) is 5.68. The highest BCUT2D eigenvalue weighted by Gasteiger charge is 2.14. The summed E-state index contributed by atoms with van der Waals surface area (Å²) >= 11 is 3.43. The molecule has 24 heavy (non-hydrogen) atoms. The zero-order valence-electron chi connectivity index (χ0n) is 14.3. The lowest BCUT2D eigenvalue weighted by Crippen LogP contribution is -2.14. The number of benzene rings is 2. The van der Waals surface area contributed by atoms with Gasteiger partial charge in [-0.2, -0.15) is 0 Å². The summed E-state index contributed by atoms with van der Waals surface area (Å²) in [6, 6.07) is 13.3. The van der Waals surface area contributed by atoms with Crippen molar-refractivity contribution in [3.05, 3.63) is 58.1 Å². The van der Waals surface area contributed by atoms with Gasteiger partial charge in [-0.05, 0) is 49.2 Å². The molecule has 3 nitrogen and oxygen atoms in total. The van der Waals surface area contributed by atoms with Gasteiger partial charge >= 0.3 is 0 Å². The smallest absolute Gasteiger partial charge is 0.259 e. The van der Waals surface area contributed by atoms with Crippen molar-refractivity contribution in [2.45, 2.75) is 39.5 Å². The molecule has 0 bridgehead atoms. The number of rotatable bonds is 8. The van der Waals surface area contributed by atoms with Gasteiger partial charge in [0, 0.05) is 10.2 Å². The van der Waals surface area contributed by atoms with E-state index in [1.807, 2.05) is 43.3 Å². The van der Waals surface area contributed by atoms with Crippen molar-refractivity contribution in [2.75, 3.05) is 11.9 Å². The van der Waals surface area contributed by atoms with Crippen LogP contribution in [0.15, 0.2) is 46.9 Å². The minimum Gasteiger partial charge on any atom is -0.493 e. The summed E-state index contributed by atoms with van der Waals surface area (Å²) in [5, 5.41) is 2.94. The number of nitrogens with one attached hydrogen (secondary N) is 1. The molecule has 0 spiro atoms. The van der Waals surface area contributed by atoms with E-state index < -0.39 is 0 Å². The Morgan fingerprint density at radius 2 is 1.96 bits per heavy atom. The summed E-state index contributed by atoms with van der Waals surface area (Å²) in [5.41, 5.74) is 2.43. The van der Waals surface area contributed by atoms with Crippen molar-refractivity contribution in [3.63, 3.8) is 0 Å². The molecule has 0 saturated heterocycles. The van der Waals surface area contributed by atoms with Crippen LogP contribution in [0.1, 0.15) is 48.5 Å². The molecule has 0 aliphatic carbocycles. The average molecular weight is 390 g/mol. The lowest BCUT2D eigenvalue weighted by atomic mass is 10.1. The van der Waals surface area contributed by atoms with Crippen LogP contribution in [0.5, 0.6) is 5.75 Å². The van der Waals surface area contributed by atoms with E-state index in [1.165, 1.54) is 12.8 Å². The first-order chi connectivity index (χ1) is 11.6. The van der Waals surface area contributed by atoms with E-state index in [1.54, 1.807) is 6.07 Å². The maximum Gasteiger partial charge on any atom is 0.259 e. The van der Waals surface area contributed by atoms with Crippen LogP contribution in [0.2, 0.25) is 0 Å². The predicted octanol–water partition coefficient (Wildman–Crippen LogP) is 5.97. The Hall–Kier alpha value is -1.81. The first-order valence-electron chi connectivity index (χ1n) is 8.40. The average Bonchev–Trinajstić information content (AvgIpc) is 2.55. The predicted molar refractivity (Wildman–Crippen MR) is 103 cm³/mol. The number of hydrogen-bond donors (Lipinski definition) is 1. The summed E-state index contributed by atoms with van der Waals surface area (Å²) in [4.78, 5) is 12.6. The second-order valence-electron chi connectivity index (χ2n) is 5.87. The monoisotopic (exact) mass is 389 g/mol. The molecule has 0 atom stereocenters. The Bertz CT molecular complexity index is 685. The molecule has 2 aromatic carbocycles. The maximum absolute atomic E-state index is 12.6. The van der Waals surface area contributed by atoms with E-state index >= 15 is 0 Å². The fourth-order valence-electron chi connectivity index (χ4n) is 2.44. The SMILES string of the molecule is CCCCCCOc1ccc(Br)cc1C(=O)Nc1cccc(C)c1. The fourth-order valence-corrected chi connectivity index (χ4v) is 2.80. The number of hydrogen-bond acceptors (Lipinski definition) is 2. The molecule has 0 unspecified atom stereocenters. The van der Waals surface area contributed by atoms with Gasteiger partial charge in [0.25, 0.3) is 5.91 Å². The van der Waals surface area contributed by atoms with Crippen LogP contribution < -0.4 is 10.1 Å². The molecular weight excluding hydrogens is 366 g/mol. The van der Waals surface area contributed by atoms with Crippen molar-refractivity contribution < 1.29 is 9.53 Å². The van der Waals surface area contributed by atoms with E-state index in [-0.39, 0.29) is 5.91 Å². The van der Waals surface area contributed by atoms with Gasteiger partial charge in [0.15, 0.2) is 0 Å². The van der Waals surface area contributed by atoms with E-state index in [2.05, 4.69) is 28.2 Å². The minimum atomic E-state index is -0.162. The van der Waals surface area contributed by atoms with Gasteiger partial charge in [0.1, 0.15) is 5.75 Å². The highest BCUT2D eigenvalue weighted by atomic mass is 79.9. The normalized spacial score (nSPS) is 10.5. The number of carbonyl (C=O) groups excluding carboxylic acids is 1. The Balaban J connectivity index is 2.06. The third-order valence-electron chi connectivity index (χ3n) is 3.72. The molecule has 0 heterocycles. The van der Waals surface area contributed by atoms with Gasteiger partial charge < -0.3 is 10.1 Å². The van der Waals surface area contributed by atoms with Crippen molar-refractivity contribution in [1.29, 1.82) is 0 Å². The van der Waals surface area contributed by atoms with Crippen LogP contribution in [-0.2, 0) is 0 Å². The van der Waals surface area contributed by atoms with Gasteiger partial charge in [-0.25, -0.2) is 0 Å². The van der Waals surface area contributed by atoms with E-state index in [9.17, 15) is 4.79 Å². The molecule has 1 amide bonds. The van der Waals surface area contributed by atoms with Crippen molar-refractivity contribution in [3.8, 4) is 5.75 Å². The molecule has 0 aliphatic rings. The topological polar surface area (TPSA) is 38.3 Å². The van der Waals surface area contributed by atoms with Gasteiger partial charge in [0.05, 0.1) is 12.2 Å². The summed E-state index contributed by atoms with van der Waals surface area (Å²) < 4.78 is 6.70. The number of unbranched alkanes of at least 4 members (excludes halogenated alkanes) is 3. The summed E-state index contributed by atoms with van der Waals surface area (Å²) in [7, 11) is 0. The summed E-state index contributed by atoms with van der Waals surface area (Å²) in [5.74, 6) is 0.463. The van der Waals surface area contributed by atoms with E-state index in [0.29, 0.717) is 17.9 Å². The molecule has 0 saturated carbocycles. The highest BCUT2D eigenvalue weighted by molar-refractivity contribution is 9.10. The fraction of sp³-hybridized carbons (Fsp3) is 0.350. The molecule has 0 fully saturated rings. The molecule has 0 aromatic heterocycles. The second-order valence-corrected chi connectivity index (χ2v) is 6.79. The molecular formula is C20H24BrNO2. The number of amides is 1.